The van der Waals surface area contributed by atoms with Crippen LogP contribution in [0.2, 0.25) is 0 Å². The Bertz CT molecular complexity index is 352. The third-order valence-corrected chi connectivity index (χ3v) is 3.45. The molecule has 0 amide bonds. The highest BCUT2D eigenvalue weighted by Crippen LogP contribution is 2.16. The quantitative estimate of drug-likeness (QED) is 0.741. The molecule has 0 saturated carbocycles. The number of nitrogen functional groups attached to an aromatic ring is 1. The summed E-state index contributed by atoms with van der Waals surface area (Å²) in [6, 6.07) is 0. The van der Waals surface area contributed by atoms with Crippen LogP contribution in [0.3, 0.4) is 0 Å². The molecule has 5 nitrogen and oxygen atoms in total. The first kappa shape index (κ1) is 12.2. The first-order valence-corrected chi connectivity index (χ1v) is 6.43. The molecule has 1 saturated heterocycles. The number of nitrogens with two attached hydrogens (primary N) is 1. The highest BCUT2D eigenvalue weighted by atomic mass is 15.2. The van der Waals surface area contributed by atoms with Crippen molar-refractivity contribution in [2.45, 2.75) is 26.7 Å². The minimum Gasteiger partial charge on any atom is -0.382 e. The molecule has 0 spiro atoms. The van der Waals surface area contributed by atoms with Crippen LogP contribution in [-0.2, 0) is 0 Å². The van der Waals surface area contributed by atoms with E-state index in [-0.39, 0.29) is 0 Å². The molecule has 1 aromatic heterocycles. The van der Waals surface area contributed by atoms with Gasteiger partial charge in [0.25, 0.3) is 0 Å². The van der Waals surface area contributed by atoms with Crippen LogP contribution < -0.4 is 11.1 Å². The summed E-state index contributed by atoms with van der Waals surface area (Å²) in [5.41, 5.74) is 5.78. The standard InChI is InChI=1S/C12H23N5/c1-9-3-6-17(7-4-9)8-5-14-12-11(13)15-10(2)16-12/h9,14H,3-8,13H2,1-2H3,(H,15,16). The van der Waals surface area contributed by atoms with Crippen LogP contribution in [0.1, 0.15) is 25.6 Å². The van der Waals surface area contributed by atoms with Crippen LogP contribution in [0.15, 0.2) is 0 Å². The number of likely N-dealkylation sites (tertiary alicyclic amines) is 1. The van der Waals surface area contributed by atoms with Gasteiger partial charge in [0.1, 0.15) is 11.6 Å². The fraction of sp³-hybridized carbons (Fsp3) is 0.750. The van der Waals surface area contributed by atoms with E-state index in [0.29, 0.717) is 5.82 Å². The number of aryl methyl sites for hydroxylation is 1. The lowest BCUT2D eigenvalue weighted by atomic mass is 9.99. The normalized spacial score (nSPS) is 18.5. The second kappa shape index (κ2) is 5.40. The lowest BCUT2D eigenvalue weighted by Gasteiger charge is -2.30. The Balaban J connectivity index is 1.71. The van der Waals surface area contributed by atoms with Gasteiger partial charge in [0.15, 0.2) is 5.82 Å². The number of aromatic nitrogens is 2. The van der Waals surface area contributed by atoms with Crippen molar-refractivity contribution >= 4 is 11.6 Å². The van der Waals surface area contributed by atoms with E-state index in [1.807, 2.05) is 6.92 Å². The lowest BCUT2D eigenvalue weighted by molar-refractivity contribution is 0.199. The number of nitrogens with zero attached hydrogens (tertiary/aromatic N) is 2. The zero-order valence-corrected chi connectivity index (χ0v) is 10.8. The lowest BCUT2D eigenvalue weighted by Crippen LogP contribution is -2.36. The van der Waals surface area contributed by atoms with Crippen molar-refractivity contribution in [1.82, 2.24) is 14.9 Å². The van der Waals surface area contributed by atoms with Gasteiger partial charge in [-0.1, -0.05) is 6.92 Å². The van der Waals surface area contributed by atoms with Gasteiger partial charge in [-0.05, 0) is 38.8 Å². The summed E-state index contributed by atoms with van der Waals surface area (Å²) in [4.78, 5) is 9.79. The van der Waals surface area contributed by atoms with E-state index in [9.17, 15) is 0 Å². The number of imidazole rings is 1. The number of rotatable bonds is 4. The smallest absolute Gasteiger partial charge is 0.168 e. The molecular weight excluding hydrogens is 214 g/mol. The fourth-order valence-electron chi connectivity index (χ4n) is 2.26. The second-order valence-electron chi connectivity index (χ2n) is 5.04. The molecule has 1 aliphatic rings. The summed E-state index contributed by atoms with van der Waals surface area (Å²) in [5, 5.41) is 3.28. The van der Waals surface area contributed by atoms with E-state index >= 15 is 0 Å². The zero-order chi connectivity index (χ0) is 12.3. The van der Waals surface area contributed by atoms with Crippen molar-refractivity contribution in [3.05, 3.63) is 5.82 Å². The van der Waals surface area contributed by atoms with Crippen LogP contribution in [0.5, 0.6) is 0 Å². The Labute approximate surface area is 103 Å². The van der Waals surface area contributed by atoms with Crippen molar-refractivity contribution in [2.75, 3.05) is 37.2 Å². The molecule has 0 unspecified atom stereocenters. The van der Waals surface area contributed by atoms with Gasteiger partial charge in [-0.25, -0.2) is 4.98 Å². The third kappa shape index (κ3) is 3.36. The maximum Gasteiger partial charge on any atom is 0.168 e. The fourth-order valence-corrected chi connectivity index (χ4v) is 2.26. The molecule has 0 aromatic carbocycles. The molecule has 2 rings (SSSR count). The van der Waals surface area contributed by atoms with Crippen molar-refractivity contribution < 1.29 is 0 Å². The van der Waals surface area contributed by atoms with E-state index in [1.54, 1.807) is 0 Å². The maximum absolute atomic E-state index is 5.78. The van der Waals surface area contributed by atoms with Crippen LogP contribution in [0.4, 0.5) is 11.6 Å². The summed E-state index contributed by atoms with van der Waals surface area (Å²) in [6.07, 6.45) is 2.65. The third-order valence-electron chi connectivity index (χ3n) is 3.45. The van der Waals surface area contributed by atoms with Crippen molar-refractivity contribution in [1.29, 1.82) is 0 Å². The first-order valence-electron chi connectivity index (χ1n) is 6.43. The Morgan fingerprint density at radius 1 is 1.47 bits per heavy atom. The minimum atomic E-state index is 0.634. The molecule has 1 aliphatic heterocycles. The first-order chi connectivity index (χ1) is 8.15. The van der Waals surface area contributed by atoms with Gasteiger partial charge in [0.05, 0.1) is 0 Å². The number of hydrogen-bond acceptors (Lipinski definition) is 4. The van der Waals surface area contributed by atoms with Gasteiger partial charge in [-0.3, -0.25) is 0 Å². The molecule has 0 aliphatic carbocycles. The monoisotopic (exact) mass is 237 g/mol. The molecule has 2 heterocycles. The number of piperidine rings is 1. The van der Waals surface area contributed by atoms with E-state index in [1.165, 1.54) is 25.9 Å². The summed E-state index contributed by atoms with van der Waals surface area (Å²) in [7, 11) is 0. The van der Waals surface area contributed by atoms with Gasteiger partial charge in [-0.15, -0.1) is 0 Å². The van der Waals surface area contributed by atoms with Crippen LogP contribution in [-0.4, -0.2) is 41.0 Å². The van der Waals surface area contributed by atoms with Gasteiger partial charge >= 0.3 is 0 Å². The van der Waals surface area contributed by atoms with E-state index in [0.717, 1.165) is 30.6 Å². The Kier molecular flexibility index (Phi) is 3.89. The van der Waals surface area contributed by atoms with E-state index < -0.39 is 0 Å². The maximum atomic E-state index is 5.78. The SMILES string of the molecule is Cc1nc(NCCN2CCC(C)CC2)c(N)[nH]1. The molecule has 5 heteroatoms. The number of hydrogen-bond donors (Lipinski definition) is 3. The van der Waals surface area contributed by atoms with Crippen molar-refractivity contribution in [2.24, 2.45) is 5.92 Å². The van der Waals surface area contributed by atoms with Crippen molar-refractivity contribution in [3.63, 3.8) is 0 Å². The van der Waals surface area contributed by atoms with Gasteiger partial charge in [-0.2, -0.15) is 0 Å². The molecule has 0 radical (unpaired) electrons. The molecule has 1 aromatic rings. The van der Waals surface area contributed by atoms with E-state index in [4.69, 9.17) is 5.73 Å². The van der Waals surface area contributed by atoms with Crippen LogP contribution >= 0.6 is 0 Å². The average Bonchev–Trinajstić information content (AvgIpc) is 2.60. The number of anilines is 2. The van der Waals surface area contributed by atoms with Gasteiger partial charge in [0.2, 0.25) is 0 Å². The summed E-state index contributed by atoms with van der Waals surface area (Å²) in [5.74, 6) is 3.17. The Morgan fingerprint density at radius 3 is 2.76 bits per heavy atom. The molecular formula is C12H23N5. The predicted molar refractivity (Wildman–Crippen MR) is 71.1 cm³/mol. The molecule has 0 atom stereocenters. The highest BCUT2D eigenvalue weighted by molar-refractivity contribution is 5.56. The summed E-state index contributed by atoms with van der Waals surface area (Å²) < 4.78 is 0. The van der Waals surface area contributed by atoms with Gasteiger partial charge in [0, 0.05) is 13.1 Å². The summed E-state index contributed by atoms with van der Waals surface area (Å²) in [6.45, 7) is 8.66. The van der Waals surface area contributed by atoms with Crippen molar-refractivity contribution in [3.8, 4) is 0 Å². The van der Waals surface area contributed by atoms with E-state index in [2.05, 4.69) is 27.1 Å². The van der Waals surface area contributed by atoms with Crippen LogP contribution in [0, 0.1) is 12.8 Å². The largest absolute Gasteiger partial charge is 0.382 e. The van der Waals surface area contributed by atoms with Gasteiger partial charge < -0.3 is 20.9 Å². The molecule has 0 bridgehead atoms. The van der Waals surface area contributed by atoms with Crippen LogP contribution in [0.25, 0.3) is 0 Å². The Hall–Kier alpha value is -1.23. The second-order valence-corrected chi connectivity index (χ2v) is 5.04. The number of aromatic amines is 1. The summed E-state index contributed by atoms with van der Waals surface area (Å²) >= 11 is 0. The zero-order valence-electron chi connectivity index (χ0n) is 10.8. The average molecular weight is 237 g/mol. The highest BCUT2D eigenvalue weighted by Gasteiger charge is 2.15. The molecule has 4 N–H and O–H groups in total. The number of nitrogens with one attached hydrogen (secondary N) is 2. The number of H-pyrrole nitrogens is 1. The predicted octanol–water partition coefficient (Wildman–Crippen LogP) is 1.44. The minimum absolute atomic E-state index is 0.634. The molecule has 1 fully saturated rings. The molecule has 96 valence electrons. The topological polar surface area (TPSA) is 70.0 Å². The molecule has 17 heavy (non-hydrogen) atoms. The Morgan fingerprint density at radius 2 is 2.18 bits per heavy atom.